The van der Waals surface area contributed by atoms with E-state index in [1.165, 1.54) is 0 Å². The molecule has 0 aliphatic carbocycles. The van der Waals surface area contributed by atoms with E-state index in [2.05, 4.69) is 23.9 Å². The van der Waals surface area contributed by atoms with Gasteiger partial charge in [0.15, 0.2) is 0 Å². The molecule has 2 aromatic carbocycles. The Balaban J connectivity index is 1.94. The molecule has 8 heteroatoms. The maximum Gasteiger partial charge on any atom is 0.511 e. The molecule has 0 fully saturated rings. The molecule has 0 aromatic heterocycles. The van der Waals surface area contributed by atoms with E-state index in [4.69, 9.17) is 9.84 Å². The van der Waals surface area contributed by atoms with Crippen LogP contribution < -0.4 is 14.8 Å². The Bertz CT molecular complexity index is 1030. The van der Waals surface area contributed by atoms with Crippen molar-refractivity contribution in [3.05, 3.63) is 53.6 Å². The second-order valence-electron chi connectivity index (χ2n) is 8.28. The summed E-state index contributed by atoms with van der Waals surface area (Å²) in [6, 6.07) is 11.8. The molecule has 1 unspecified atom stereocenters. The van der Waals surface area contributed by atoms with Crippen molar-refractivity contribution in [1.29, 1.82) is 0 Å². The van der Waals surface area contributed by atoms with Crippen LogP contribution in [-0.4, -0.2) is 25.7 Å². The molecule has 0 spiro atoms. The van der Waals surface area contributed by atoms with Crippen molar-refractivity contribution < 1.29 is 23.1 Å². The molecule has 1 atom stereocenters. The lowest BCUT2D eigenvalue weighted by atomic mass is 9.73. The van der Waals surface area contributed by atoms with Crippen molar-refractivity contribution in [2.75, 3.05) is 5.32 Å². The number of hydrogen-bond acceptors (Lipinski definition) is 5. The van der Waals surface area contributed by atoms with E-state index >= 15 is 0 Å². The third-order valence-corrected chi connectivity index (χ3v) is 6.56. The minimum atomic E-state index is -3.59. The summed E-state index contributed by atoms with van der Waals surface area (Å²) >= 11 is 0. The summed E-state index contributed by atoms with van der Waals surface area (Å²) in [6.45, 7) is 7.75. The smallest absolute Gasteiger partial charge is 0.449 e. The molecule has 0 amide bonds. The number of rotatable bonds is 5. The molecule has 2 aromatic rings. The van der Waals surface area contributed by atoms with Gasteiger partial charge in [0.1, 0.15) is 5.75 Å². The average Bonchev–Trinajstić information content (AvgIpc) is 2.59. The Hall–Kier alpha value is -2.58. The van der Waals surface area contributed by atoms with Crippen molar-refractivity contribution in [3.8, 4) is 5.75 Å². The SMILES string of the molecule is CC(C)NS(=O)(=O)c1cccc(C2Nc3ccc(OC(=O)O)cc3CC2(C)C)c1. The molecule has 3 rings (SSSR count). The van der Waals surface area contributed by atoms with Crippen LogP contribution in [0.4, 0.5) is 10.5 Å². The van der Waals surface area contributed by atoms with E-state index in [1.54, 1.807) is 50.2 Å². The van der Waals surface area contributed by atoms with Crippen LogP contribution in [0.1, 0.15) is 44.9 Å². The maximum atomic E-state index is 12.6. The Morgan fingerprint density at radius 2 is 1.97 bits per heavy atom. The first-order valence-electron chi connectivity index (χ1n) is 9.40. The van der Waals surface area contributed by atoms with Crippen molar-refractivity contribution in [2.24, 2.45) is 5.41 Å². The van der Waals surface area contributed by atoms with Gasteiger partial charge in [-0.2, -0.15) is 0 Å². The van der Waals surface area contributed by atoms with Crippen LogP contribution in [-0.2, 0) is 16.4 Å². The number of carboxylic acid groups (broad SMARTS) is 1. The van der Waals surface area contributed by atoms with E-state index in [-0.39, 0.29) is 28.1 Å². The van der Waals surface area contributed by atoms with Crippen molar-refractivity contribution in [3.63, 3.8) is 0 Å². The van der Waals surface area contributed by atoms with Crippen LogP contribution in [0.5, 0.6) is 5.75 Å². The van der Waals surface area contributed by atoms with Crippen LogP contribution >= 0.6 is 0 Å². The summed E-state index contributed by atoms with van der Waals surface area (Å²) in [5.74, 6) is 0.278. The molecule has 1 aliphatic heterocycles. The maximum absolute atomic E-state index is 12.6. The van der Waals surface area contributed by atoms with E-state index in [9.17, 15) is 13.2 Å². The van der Waals surface area contributed by atoms with Crippen LogP contribution in [0.3, 0.4) is 0 Å². The highest BCUT2D eigenvalue weighted by Gasteiger charge is 2.36. The fourth-order valence-corrected chi connectivity index (χ4v) is 5.05. The van der Waals surface area contributed by atoms with Gasteiger partial charge >= 0.3 is 6.16 Å². The Morgan fingerprint density at radius 3 is 2.62 bits per heavy atom. The number of nitrogens with one attached hydrogen (secondary N) is 2. The number of fused-ring (bicyclic) bond motifs is 1. The quantitative estimate of drug-likeness (QED) is 0.497. The fourth-order valence-electron chi connectivity index (χ4n) is 3.74. The van der Waals surface area contributed by atoms with Gasteiger partial charge in [0, 0.05) is 11.7 Å². The van der Waals surface area contributed by atoms with Crippen molar-refractivity contribution in [2.45, 2.75) is 51.1 Å². The minimum absolute atomic E-state index is 0.115. The molecule has 0 radical (unpaired) electrons. The van der Waals surface area contributed by atoms with Crippen LogP contribution in [0.15, 0.2) is 47.4 Å². The molecule has 1 aliphatic rings. The van der Waals surface area contributed by atoms with Crippen molar-refractivity contribution >= 4 is 21.9 Å². The number of benzene rings is 2. The number of anilines is 1. The highest BCUT2D eigenvalue weighted by molar-refractivity contribution is 7.89. The molecule has 0 bridgehead atoms. The highest BCUT2D eigenvalue weighted by atomic mass is 32.2. The lowest BCUT2D eigenvalue weighted by Crippen LogP contribution is -2.35. The van der Waals surface area contributed by atoms with Gasteiger partial charge in [-0.1, -0.05) is 26.0 Å². The summed E-state index contributed by atoms with van der Waals surface area (Å²) in [6.07, 6.45) is -0.670. The number of ether oxygens (including phenoxy) is 1. The number of carbonyl (C=O) groups is 1. The summed E-state index contributed by atoms with van der Waals surface area (Å²) < 4.78 is 32.5. The van der Waals surface area contributed by atoms with Crippen LogP contribution in [0, 0.1) is 5.41 Å². The largest absolute Gasteiger partial charge is 0.511 e. The van der Waals surface area contributed by atoms with Gasteiger partial charge in [-0.25, -0.2) is 17.9 Å². The van der Waals surface area contributed by atoms with Gasteiger partial charge in [-0.05, 0) is 67.1 Å². The fraction of sp³-hybridized carbons (Fsp3) is 0.381. The first-order valence-corrected chi connectivity index (χ1v) is 10.9. The minimum Gasteiger partial charge on any atom is -0.449 e. The normalized spacial score (nSPS) is 18.0. The molecule has 7 nitrogen and oxygen atoms in total. The first kappa shape index (κ1) is 21.1. The second kappa shape index (κ2) is 7.68. The zero-order chi connectivity index (χ0) is 21.4. The van der Waals surface area contributed by atoms with E-state index in [0.29, 0.717) is 6.42 Å². The Morgan fingerprint density at radius 1 is 1.24 bits per heavy atom. The third-order valence-electron chi connectivity index (χ3n) is 4.90. The van der Waals surface area contributed by atoms with Gasteiger partial charge in [0.25, 0.3) is 0 Å². The van der Waals surface area contributed by atoms with Gasteiger partial charge in [-0.3, -0.25) is 0 Å². The van der Waals surface area contributed by atoms with Crippen molar-refractivity contribution in [1.82, 2.24) is 4.72 Å². The lowest BCUT2D eigenvalue weighted by molar-refractivity contribution is 0.144. The zero-order valence-electron chi connectivity index (χ0n) is 16.9. The van der Waals surface area contributed by atoms with E-state index in [0.717, 1.165) is 16.8 Å². The monoisotopic (exact) mass is 418 g/mol. The summed E-state index contributed by atoms with van der Waals surface area (Å²) in [4.78, 5) is 11.0. The molecule has 0 saturated heterocycles. The number of sulfonamides is 1. The summed E-state index contributed by atoms with van der Waals surface area (Å²) in [5.41, 5.74) is 2.46. The molecule has 156 valence electrons. The van der Waals surface area contributed by atoms with Crippen LogP contribution in [0.25, 0.3) is 0 Å². The highest BCUT2D eigenvalue weighted by Crippen LogP contribution is 2.45. The Kier molecular flexibility index (Phi) is 5.60. The van der Waals surface area contributed by atoms with Gasteiger partial charge in [-0.15, -0.1) is 0 Å². The zero-order valence-corrected chi connectivity index (χ0v) is 17.7. The molecule has 0 saturated carbocycles. The molecular weight excluding hydrogens is 392 g/mol. The molecule has 29 heavy (non-hydrogen) atoms. The predicted molar refractivity (Wildman–Crippen MR) is 111 cm³/mol. The lowest BCUT2D eigenvalue weighted by Gasteiger charge is -2.41. The van der Waals surface area contributed by atoms with Crippen LogP contribution in [0.2, 0.25) is 0 Å². The third kappa shape index (κ3) is 4.71. The average molecular weight is 419 g/mol. The van der Waals surface area contributed by atoms with Gasteiger partial charge < -0.3 is 15.2 Å². The first-order chi connectivity index (χ1) is 13.5. The topological polar surface area (TPSA) is 105 Å². The Labute approximate surface area is 171 Å². The summed E-state index contributed by atoms with van der Waals surface area (Å²) in [7, 11) is -3.59. The van der Waals surface area contributed by atoms with Gasteiger partial charge in [0.05, 0.1) is 10.9 Å². The molecular formula is C21H26N2O5S. The van der Waals surface area contributed by atoms with E-state index in [1.807, 2.05) is 6.07 Å². The number of hydrogen-bond donors (Lipinski definition) is 3. The molecule has 3 N–H and O–H groups in total. The standard InChI is InChI=1S/C21H26N2O5S/c1-13(2)23-29(26,27)17-7-5-6-14(11-17)19-21(3,4)12-15-10-16(28-20(24)25)8-9-18(15)22-19/h5-11,13,19,22-23H,12H2,1-4H3,(H,24,25). The van der Waals surface area contributed by atoms with Gasteiger partial charge in [0.2, 0.25) is 10.0 Å². The molecule has 1 heterocycles. The predicted octanol–water partition coefficient (Wildman–Crippen LogP) is 4.17. The van der Waals surface area contributed by atoms with E-state index < -0.39 is 16.2 Å². The summed E-state index contributed by atoms with van der Waals surface area (Å²) in [5, 5.41) is 12.3. The second-order valence-corrected chi connectivity index (χ2v) is 9.99.